The molecule has 21 heavy (non-hydrogen) atoms. The molecule has 0 atom stereocenters. The van der Waals surface area contributed by atoms with Crippen LogP contribution in [-0.4, -0.2) is 11.5 Å². The monoisotopic (exact) mass is 275 g/mol. The fraction of sp³-hybridized carbons (Fsp3) is 0.222. The number of aromatic nitrogens is 1. The molecule has 104 valence electrons. The maximum Gasteiger partial charge on any atom is 0.101 e. The zero-order valence-corrected chi connectivity index (χ0v) is 12.1. The summed E-state index contributed by atoms with van der Waals surface area (Å²) in [6, 6.07) is 12.0. The van der Waals surface area contributed by atoms with Crippen LogP contribution in [0.15, 0.2) is 42.7 Å². The van der Waals surface area contributed by atoms with E-state index < -0.39 is 0 Å². The number of pyridine rings is 1. The van der Waals surface area contributed by atoms with Crippen LogP contribution in [0.3, 0.4) is 0 Å². The van der Waals surface area contributed by atoms with Crippen molar-refractivity contribution >= 4 is 0 Å². The van der Waals surface area contributed by atoms with Gasteiger partial charge in [0, 0.05) is 30.1 Å². The second-order valence-electron chi connectivity index (χ2n) is 4.70. The van der Waals surface area contributed by atoms with Crippen LogP contribution in [0.4, 0.5) is 0 Å². The van der Waals surface area contributed by atoms with Crippen LogP contribution in [-0.2, 0) is 6.54 Å². The third-order valence-electron chi connectivity index (χ3n) is 2.90. The van der Waals surface area contributed by atoms with Gasteiger partial charge in [-0.1, -0.05) is 30.9 Å². The summed E-state index contributed by atoms with van der Waals surface area (Å²) in [4.78, 5) is 4.00. The van der Waals surface area contributed by atoms with Crippen molar-refractivity contribution in [3.05, 3.63) is 65.0 Å². The number of rotatable bonds is 4. The third kappa shape index (κ3) is 4.76. The average molecular weight is 275 g/mol. The van der Waals surface area contributed by atoms with Crippen molar-refractivity contribution in [1.82, 2.24) is 10.3 Å². The summed E-state index contributed by atoms with van der Waals surface area (Å²) < 4.78 is 0. The van der Waals surface area contributed by atoms with Crippen molar-refractivity contribution in [3.63, 3.8) is 0 Å². The lowest BCUT2D eigenvalue weighted by Crippen LogP contribution is -2.13. The lowest BCUT2D eigenvalue weighted by atomic mass is 10.1. The summed E-state index contributed by atoms with van der Waals surface area (Å²) in [5.41, 5.74) is 3.47. The molecule has 0 unspecified atom stereocenters. The van der Waals surface area contributed by atoms with Crippen molar-refractivity contribution in [1.29, 1.82) is 5.26 Å². The van der Waals surface area contributed by atoms with Gasteiger partial charge in [0.1, 0.15) is 6.07 Å². The molecule has 3 heteroatoms. The van der Waals surface area contributed by atoms with Crippen molar-refractivity contribution in [2.24, 2.45) is 0 Å². The fourth-order valence-corrected chi connectivity index (χ4v) is 1.88. The Morgan fingerprint density at radius 2 is 1.90 bits per heavy atom. The minimum atomic E-state index is 0.527. The van der Waals surface area contributed by atoms with E-state index in [1.165, 1.54) is 11.8 Å². The molecule has 1 N–H and O–H groups in total. The first-order valence-corrected chi connectivity index (χ1v) is 6.98. The highest BCUT2D eigenvalue weighted by molar-refractivity contribution is 5.45. The molecule has 0 aliphatic carbocycles. The summed E-state index contributed by atoms with van der Waals surface area (Å²) in [6.45, 7) is 4.02. The third-order valence-corrected chi connectivity index (χ3v) is 2.90. The number of benzene rings is 1. The van der Waals surface area contributed by atoms with E-state index in [2.05, 4.69) is 47.3 Å². The first-order valence-electron chi connectivity index (χ1n) is 6.98. The first-order chi connectivity index (χ1) is 10.3. The highest BCUT2D eigenvalue weighted by Gasteiger charge is 1.95. The summed E-state index contributed by atoms with van der Waals surface area (Å²) in [7, 11) is 0. The Kier molecular flexibility index (Phi) is 5.52. The SMILES string of the molecule is CCCNCc1cccc(C#Cc2cncc(C#N)c2)c1. The molecule has 0 aliphatic heterocycles. The molecular weight excluding hydrogens is 258 g/mol. The zero-order chi connectivity index (χ0) is 14.9. The average Bonchev–Trinajstić information content (AvgIpc) is 2.54. The Morgan fingerprint density at radius 1 is 1.10 bits per heavy atom. The van der Waals surface area contributed by atoms with Crippen molar-refractivity contribution in [2.75, 3.05) is 6.54 Å². The van der Waals surface area contributed by atoms with E-state index in [0.29, 0.717) is 5.56 Å². The molecule has 0 bridgehead atoms. The number of hydrogen-bond acceptors (Lipinski definition) is 3. The highest BCUT2D eigenvalue weighted by Crippen LogP contribution is 2.05. The van der Waals surface area contributed by atoms with Crippen LogP contribution in [0.2, 0.25) is 0 Å². The van der Waals surface area contributed by atoms with Crippen molar-refractivity contribution in [2.45, 2.75) is 19.9 Å². The molecule has 2 rings (SSSR count). The van der Waals surface area contributed by atoms with E-state index in [0.717, 1.165) is 30.6 Å². The minimum Gasteiger partial charge on any atom is -0.313 e. The van der Waals surface area contributed by atoms with Gasteiger partial charge in [0.2, 0.25) is 0 Å². The molecule has 0 saturated carbocycles. The molecule has 0 saturated heterocycles. The van der Waals surface area contributed by atoms with Crippen molar-refractivity contribution < 1.29 is 0 Å². The van der Waals surface area contributed by atoms with E-state index in [9.17, 15) is 0 Å². The van der Waals surface area contributed by atoms with Gasteiger partial charge < -0.3 is 5.32 Å². The number of nitrogens with one attached hydrogen (secondary N) is 1. The number of hydrogen-bond donors (Lipinski definition) is 1. The first kappa shape index (κ1) is 14.8. The van der Waals surface area contributed by atoms with Gasteiger partial charge in [0.05, 0.1) is 5.56 Å². The van der Waals surface area contributed by atoms with Crippen LogP contribution in [0.5, 0.6) is 0 Å². The molecule has 1 aromatic carbocycles. The lowest BCUT2D eigenvalue weighted by Gasteiger charge is -2.03. The Hall–Kier alpha value is -2.62. The molecule has 1 aromatic heterocycles. The normalized spacial score (nSPS) is 9.52. The number of nitriles is 1. The van der Waals surface area contributed by atoms with Gasteiger partial charge in [-0.25, -0.2) is 0 Å². The summed E-state index contributed by atoms with van der Waals surface area (Å²) in [5.74, 6) is 6.16. The molecular formula is C18H17N3. The lowest BCUT2D eigenvalue weighted by molar-refractivity contribution is 0.675. The maximum absolute atomic E-state index is 8.84. The van der Waals surface area contributed by atoms with Gasteiger partial charge >= 0.3 is 0 Å². The van der Waals surface area contributed by atoms with Crippen molar-refractivity contribution in [3.8, 4) is 17.9 Å². The smallest absolute Gasteiger partial charge is 0.101 e. The van der Waals surface area contributed by atoms with Crippen LogP contribution in [0.1, 0.15) is 35.6 Å². The maximum atomic E-state index is 8.84. The van der Waals surface area contributed by atoms with Crippen LogP contribution >= 0.6 is 0 Å². The molecule has 1 heterocycles. The molecule has 0 aliphatic rings. The second kappa shape index (κ2) is 7.85. The van der Waals surface area contributed by atoms with Gasteiger partial charge in [-0.05, 0) is 36.7 Å². The molecule has 0 fully saturated rings. The minimum absolute atomic E-state index is 0.527. The van der Waals surface area contributed by atoms with Gasteiger partial charge in [-0.3, -0.25) is 4.98 Å². The number of nitrogens with zero attached hydrogens (tertiary/aromatic N) is 2. The molecule has 0 spiro atoms. The van der Waals surface area contributed by atoms with Gasteiger partial charge in [-0.15, -0.1) is 0 Å². The largest absolute Gasteiger partial charge is 0.313 e. The summed E-state index contributed by atoms with van der Waals surface area (Å²) in [5, 5.41) is 12.2. The molecule has 0 amide bonds. The van der Waals surface area contributed by atoms with E-state index >= 15 is 0 Å². The molecule has 0 radical (unpaired) electrons. The van der Waals surface area contributed by atoms with E-state index in [-0.39, 0.29) is 0 Å². The predicted molar refractivity (Wildman–Crippen MR) is 83.4 cm³/mol. The van der Waals surface area contributed by atoms with Gasteiger partial charge in [-0.2, -0.15) is 5.26 Å². The Labute approximate surface area is 125 Å². The Morgan fingerprint density at radius 3 is 2.71 bits per heavy atom. The van der Waals surface area contributed by atoms with Gasteiger partial charge in [0.15, 0.2) is 0 Å². The Bertz CT molecular complexity index is 702. The summed E-state index contributed by atoms with van der Waals surface area (Å²) in [6.07, 6.45) is 4.33. The molecule has 2 aromatic rings. The summed E-state index contributed by atoms with van der Waals surface area (Å²) >= 11 is 0. The van der Waals surface area contributed by atoms with Crippen LogP contribution in [0.25, 0.3) is 0 Å². The quantitative estimate of drug-likeness (QED) is 0.689. The molecule has 3 nitrogen and oxygen atoms in total. The van der Waals surface area contributed by atoms with Gasteiger partial charge in [0.25, 0.3) is 0 Å². The fourth-order valence-electron chi connectivity index (χ4n) is 1.88. The topological polar surface area (TPSA) is 48.7 Å². The highest BCUT2D eigenvalue weighted by atomic mass is 14.8. The van der Waals surface area contributed by atoms with E-state index in [1.807, 2.05) is 12.1 Å². The second-order valence-corrected chi connectivity index (χ2v) is 4.70. The standard InChI is InChI=1S/C18H17N3/c1-2-8-20-12-16-5-3-4-15(9-16)6-7-17-10-18(11-19)14-21-13-17/h3-5,9-10,13-14,20H,2,8,12H2,1H3. The Balaban J connectivity index is 2.11. The zero-order valence-electron chi connectivity index (χ0n) is 12.1. The van der Waals surface area contributed by atoms with Crippen LogP contribution in [0, 0.1) is 23.2 Å². The van der Waals surface area contributed by atoms with E-state index in [1.54, 1.807) is 12.3 Å². The van der Waals surface area contributed by atoms with E-state index in [4.69, 9.17) is 5.26 Å². The van der Waals surface area contributed by atoms with Crippen LogP contribution < -0.4 is 5.32 Å². The predicted octanol–water partition coefficient (Wildman–Crippen LogP) is 2.85.